The molecule has 0 saturated carbocycles. The normalized spacial score (nSPS) is 12.7. The van der Waals surface area contributed by atoms with Crippen LogP contribution in [-0.2, 0) is 0 Å². The van der Waals surface area contributed by atoms with Crippen molar-refractivity contribution in [3.63, 3.8) is 0 Å². The summed E-state index contributed by atoms with van der Waals surface area (Å²) in [6, 6.07) is 9.06. The van der Waals surface area contributed by atoms with Gasteiger partial charge < -0.3 is 0 Å². The van der Waals surface area contributed by atoms with Gasteiger partial charge in [0, 0.05) is 18.8 Å². The van der Waals surface area contributed by atoms with Crippen LogP contribution in [0.3, 0.4) is 0 Å². The first-order chi connectivity index (χ1) is 16.8. The average molecular weight is 581 g/mol. The second-order valence-electron chi connectivity index (χ2n) is 7.85. The fraction of sp³-hybridized carbons (Fsp3) is 0. The van der Waals surface area contributed by atoms with Crippen molar-refractivity contribution in [2.24, 2.45) is 0 Å². The lowest BCUT2D eigenvalue weighted by Gasteiger charge is -1.98. The Morgan fingerprint density at radius 3 is 1.35 bits per heavy atom. The highest BCUT2D eigenvalue weighted by Crippen LogP contribution is 2.51. The Balaban J connectivity index is 1.11. The monoisotopic (exact) mass is 580 g/mol. The van der Waals surface area contributed by atoms with Crippen LogP contribution in [0.4, 0.5) is 0 Å². The molecule has 0 unspecified atom stereocenters. The first kappa shape index (κ1) is 19.4. The van der Waals surface area contributed by atoms with Crippen LogP contribution in [0.25, 0.3) is 77.5 Å². The number of thiophene rings is 8. The molecule has 0 radical (unpaired) electrons. The van der Waals surface area contributed by atoms with Gasteiger partial charge in [0.25, 0.3) is 0 Å². The maximum Gasteiger partial charge on any atom is 0.0986 e. The van der Waals surface area contributed by atoms with E-state index in [-0.39, 0.29) is 0 Å². The minimum atomic E-state index is 0.961. The molecule has 0 aliphatic rings. The molecule has 10 heteroatoms. The van der Waals surface area contributed by atoms with Gasteiger partial charge >= 0.3 is 0 Å². The Hall–Kier alpha value is -1.76. The van der Waals surface area contributed by atoms with Gasteiger partial charge in [0.15, 0.2) is 0 Å². The summed E-state index contributed by atoms with van der Waals surface area (Å²) in [5, 5.41) is 4.39. The van der Waals surface area contributed by atoms with Gasteiger partial charge in [-0.05, 0) is 35.0 Å². The number of rotatable bonds is 2. The maximum atomic E-state index is 4.83. The van der Waals surface area contributed by atoms with Gasteiger partial charge in [-0.25, -0.2) is 0 Å². The zero-order valence-corrected chi connectivity index (χ0v) is 23.3. The molecule has 0 aliphatic carbocycles. The topological polar surface area (TPSA) is 25.8 Å². The van der Waals surface area contributed by atoms with E-state index in [4.69, 9.17) is 9.97 Å². The number of fused-ring (bicyclic) bond motifs is 10. The molecule has 0 spiro atoms. The Kier molecular flexibility index (Phi) is 3.96. The lowest BCUT2D eigenvalue weighted by Crippen LogP contribution is -1.85. The van der Waals surface area contributed by atoms with E-state index in [0.717, 1.165) is 11.4 Å². The van der Waals surface area contributed by atoms with Crippen molar-refractivity contribution in [2.45, 2.75) is 0 Å². The van der Waals surface area contributed by atoms with Gasteiger partial charge in [-0.1, -0.05) is 0 Å². The van der Waals surface area contributed by atoms with Crippen molar-refractivity contribution < 1.29 is 0 Å². The summed E-state index contributed by atoms with van der Waals surface area (Å²) in [6.07, 6.45) is 3.89. The van der Waals surface area contributed by atoms with Gasteiger partial charge in [0.1, 0.15) is 0 Å². The predicted molar refractivity (Wildman–Crippen MR) is 161 cm³/mol. The third kappa shape index (κ3) is 2.57. The van der Waals surface area contributed by atoms with Gasteiger partial charge in [-0.15, -0.1) is 90.7 Å². The van der Waals surface area contributed by atoms with E-state index in [1.165, 1.54) is 66.2 Å². The summed E-state index contributed by atoms with van der Waals surface area (Å²) in [7, 11) is 0. The zero-order valence-electron chi connectivity index (χ0n) is 16.8. The second kappa shape index (κ2) is 6.92. The van der Waals surface area contributed by atoms with Crippen LogP contribution < -0.4 is 0 Å². The standard InChI is InChI=1S/C24H8N2S8/c1-3-27-17-11(1)29-23-19-15(33-21(17)23)5-13(31-19)9-7-26-10(8-25-9)14-6-16-20(32-14)24-22(34-16)18-12(30-24)2-4-28-18/h1-8H. The van der Waals surface area contributed by atoms with Gasteiger partial charge in [0.05, 0.1) is 71.1 Å². The highest BCUT2D eigenvalue weighted by Gasteiger charge is 2.19. The summed E-state index contributed by atoms with van der Waals surface area (Å²) in [4.78, 5) is 12.1. The fourth-order valence-electron chi connectivity index (χ4n) is 4.36. The molecule has 2 nitrogen and oxygen atoms in total. The third-order valence-corrected chi connectivity index (χ3v) is 16.1. The van der Waals surface area contributed by atoms with Crippen LogP contribution in [0.15, 0.2) is 47.4 Å². The summed E-state index contributed by atoms with van der Waals surface area (Å²) in [6.45, 7) is 0. The minimum Gasteiger partial charge on any atom is -0.251 e. The predicted octanol–water partition coefficient (Wildman–Crippen LogP) is 11.2. The molecule has 0 aliphatic heterocycles. The van der Waals surface area contributed by atoms with Crippen LogP contribution in [0.2, 0.25) is 0 Å². The first-order valence-corrected chi connectivity index (χ1v) is 16.9. The highest BCUT2D eigenvalue weighted by atomic mass is 32.1. The fourth-order valence-corrected chi connectivity index (χ4v) is 15.0. The van der Waals surface area contributed by atoms with Crippen molar-refractivity contribution in [1.29, 1.82) is 0 Å². The molecule has 9 aromatic rings. The van der Waals surface area contributed by atoms with E-state index in [9.17, 15) is 0 Å². The third-order valence-electron chi connectivity index (χ3n) is 5.90. The van der Waals surface area contributed by atoms with Crippen molar-refractivity contribution >= 4 is 147 Å². The van der Waals surface area contributed by atoms with Crippen molar-refractivity contribution in [2.75, 3.05) is 0 Å². The molecule has 162 valence electrons. The smallest absolute Gasteiger partial charge is 0.0986 e. The molecule has 0 bridgehead atoms. The molecule has 9 aromatic heterocycles. The molecule has 9 heterocycles. The van der Waals surface area contributed by atoms with Crippen LogP contribution in [0, 0.1) is 0 Å². The summed E-state index contributed by atoms with van der Waals surface area (Å²) in [5.74, 6) is 0. The first-order valence-electron chi connectivity index (χ1n) is 10.3. The quantitative estimate of drug-likeness (QED) is 0.203. The molecule has 0 N–H and O–H groups in total. The van der Waals surface area contributed by atoms with Crippen LogP contribution in [0.1, 0.15) is 0 Å². The molecule has 0 amide bonds. The van der Waals surface area contributed by atoms with Crippen LogP contribution in [0.5, 0.6) is 0 Å². The number of aromatic nitrogens is 2. The largest absolute Gasteiger partial charge is 0.251 e. The Labute approximate surface area is 223 Å². The Bertz CT molecular complexity index is 2020. The van der Waals surface area contributed by atoms with Gasteiger partial charge in [-0.2, -0.15) is 0 Å². The van der Waals surface area contributed by atoms with Gasteiger partial charge in [0.2, 0.25) is 0 Å². The zero-order chi connectivity index (χ0) is 22.0. The van der Waals surface area contributed by atoms with Gasteiger partial charge in [-0.3, -0.25) is 9.97 Å². The van der Waals surface area contributed by atoms with Crippen LogP contribution >= 0.6 is 90.7 Å². The SMILES string of the molecule is c1cc2sc3c4sc(-c5cnc(-c6cc7sc8c9sccc9sc8c7s6)cn5)cc4sc3c2s1. The summed E-state index contributed by atoms with van der Waals surface area (Å²) < 4.78 is 17.0. The van der Waals surface area contributed by atoms with E-state index in [0.29, 0.717) is 0 Å². The maximum absolute atomic E-state index is 4.83. The average Bonchev–Trinajstić information content (AvgIpc) is 3.64. The van der Waals surface area contributed by atoms with E-state index < -0.39 is 0 Å². The molecular formula is C24H8N2S8. The van der Waals surface area contributed by atoms with Crippen molar-refractivity contribution in [3.8, 4) is 21.1 Å². The van der Waals surface area contributed by atoms with Crippen molar-refractivity contribution in [3.05, 3.63) is 47.4 Å². The number of hydrogen-bond acceptors (Lipinski definition) is 10. The van der Waals surface area contributed by atoms with E-state index in [1.807, 2.05) is 103 Å². The number of hydrogen-bond donors (Lipinski definition) is 0. The molecule has 0 saturated heterocycles. The molecule has 0 fully saturated rings. The summed E-state index contributed by atoms with van der Waals surface area (Å²) in [5.41, 5.74) is 1.92. The molecule has 0 atom stereocenters. The number of nitrogens with zero attached hydrogens (tertiary/aromatic N) is 2. The Morgan fingerprint density at radius 2 is 0.882 bits per heavy atom. The van der Waals surface area contributed by atoms with E-state index >= 15 is 0 Å². The van der Waals surface area contributed by atoms with Crippen molar-refractivity contribution in [1.82, 2.24) is 9.97 Å². The lowest BCUT2D eigenvalue weighted by molar-refractivity contribution is 1.22. The molecular weight excluding hydrogens is 573 g/mol. The Morgan fingerprint density at radius 1 is 0.441 bits per heavy atom. The molecule has 34 heavy (non-hydrogen) atoms. The van der Waals surface area contributed by atoms with E-state index in [1.54, 1.807) is 0 Å². The minimum absolute atomic E-state index is 0.961. The molecule has 0 aromatic carbocycles. The summed E-state index contributed by atoms with van der Waals surface area (Å²) >= 11 is 15.1. The highest BCUT2D eigenvalue weighted by molar-refractivity contribution is 7.45. The van der Waals surface area contributed by atoms with Crippen LogP contribution in [-0.4, -0.2) is 9.97 Å². The lowest BCUT2D eigenvalue weighted by atomic mass is 10.3. The molecule has 9 rings (SSSR count). The van der Waals surface area contributed by atoms with E-state index in [2.05, 4.69) is 35.0 Å². The second-order valence-corrected chi connectivity index (χ2v) is 16.0.